The Morgan fingerprint density at radius 3 is 2.57 bits per heavy atom. The third kappa shape index (κ3) is 5.49. The smallest absolute Gasteiger partial charge is 0.257 e. The molecule has 1 fully saturated rings. The monoisotopic (exact) mass is 382 g/mol. The molecule has 0 spiro atoms. The molecule has 0 radical (unpaired) electrons. The van der Waals surface area contributed by atoms with E-state index in [0.29, 0.717) is 37.6 Å². The first kappa shape index (κ1) is 19.7. The van der Waals surface area contributed by atoms with Crippen LogP contribution in [0.3, 0.4) is 0 Å². The quantitative estimate of drug-likeness (QED) is 0.723. The molecule has 6 nitrogen and oxygen atoms in total. The number of likely N-dealkylation sites (tertiary alicyclic amines) is 1. The van der Waals surface area contributed by atoms with Gasteiger partial charge in [0, 0.05) is 32.0 Å². The summed E-state index contributed by atoms with van der Waals surface area (Å²) in [5.41, 5.74) is 1.22. The molecule has 1 atom stereocenters. The van der Waals surface area contributed by atoms with Crippen LogP contribution in [0, 0.1) is 5.92 Å². The number of carbonyl (C=O) groups excluding carboxylic acids is 2. The van der Waals surface area contributed by atoms with Crippen molar-refractivity contribution < 1.29 is 19.1 Å². The predicted molar refractivity (Wildman–Crippen MR) is 106 cm³/mol. The van der Waals surface area contributed by atoms with Gasteiger partial charge in [0.2, 0.25) is 5.91 Å². The van der Waals surface area contributed by atoms with Crippen molar-refractivity contribution in [2.75, 3.05) is 33.4 Å². The number of rotatable bonds is 9. The third-order valence-electron chi connectivity index (χ3n) is 4.82. The van der Waals surface area contributed by atoms with Crippen LogP contribution in [-0.4, -0.2) is 50.1 Å². The van der Waals surface area contributed by atoms with Crippen molar-refractivity contribution in [3.63, 3.8) is 0 Å². The summed E-state index contributed by atoms with van der Waals surface area (Å²) in [7, 11) is 1.56. The van der Waals surface area contributed by atoms with Crippen molar-refractivity contribution >= 4 is 11.8 Å². The Kier molecular flexibility index (Phi) is 6.89. The molecular formula is C22H26N2O4. The number of nitrogens with one attached hydrogen (secondary N) is 1. The van der Waals surface area contributed by atoms with Crippen LogP contribution in [0.5, 0.6) is 11.5 Å². The number of methoxy groups -OCH3 is 1. The third-order valence-corrected chi connectivity index (χ3v) is 4.82. The van der Waals surface area contributed by atoms with Crippen LogP contribution in [0.4, 0.5) is 0 Å². The second kappa shape index (κ2) is 9.78. The molecule has 2 aromatic rings. The lowest BCUT2D eigenvalue weighted by Gasteiger charge is -2.17. The Labute approximate surface area is 165 Å². The number of ether oxygens (including phenoxy) is 2. The summed E-state index contributed by atoms with van der Waals surface area (Å²) in [4.78, 5) is 26.2. The summed E-state index contributed by atoms with van der Waals surface area (Å²) in [6.45, 7) is 1.78. The molecule has 3 rings (SSSR count). The number of nitrogens with zero attached hydrogens (tertiary/aromatic N) is 1. The van der Waals surface area contributed by atoms with Crippen molar-refractivity contribution in [3.8, 4) is 11.5 Å². The van der Waals surface area contributed by atoms with Crippen molar-refractivity contribution in [3.05, 3.63) is 60.2 Å². The highest BCUT2D eigenvalue weighted by molar-refractivity contribution is 5.79. The standard InChI is InChI=1S/C22H26N2O4/c1-27-19-9-5-6-10-20(19)28-16-21(25)23-14-18-13-22(26)24(15-18)12-11-17-7-3-2-4-8-17/h2-10,18H,11-16H2,1H3,(H,23,25). The Bertz CT molecular complexity index is 794. The van der Waals surface area contributed by atoms with E-state index in [9.17, 15) is 9.59 Å². The van der Waals surface area contributed by atoms with E-state index in [4.69, 9.17) is 9.47 Å². The minimum atomic E-state index is -0.207. The van der Waals surface area contributed by atoms with Crippen molar-refractivity contribution in [1.29, 1.82) is 0 Å². The molecule has 6 heteroatoms. The highest BCUT2D eigenvalue weighted by Crippen LogP contribution is 2.25. The second-order valence-electron chi connectivity index (χ2n) is 6.89. The average Bonchev–Trinajstić information content (AvgIpc) is 3.09. The van der Waals surface area contributed by atoms with E-state index < -0.39 is 0 Å². The first-order chi connectivity index (χ1) is 13.7. The van der Waals surface area contributed by atoms with Gasteiger partial charge in [-0.25, -0.2) is 0 Å². The zero-order chi connectivity index (χ0) is 19.8. The van der Waals surface area contributed by atoms with E-state index in [0.717, 1.165) is 6.42 Å². The van der Waals surface area contributed by atoms with Gasteiger partial charge in [-0.05, 0) is 24.1 Å². The fraction of sp³-hybridized carbons (Fsp3) is 0.364. The Morgan fingerprint density at radius 1 is 1.11 bits per heavy atom. The SMILES string of the molecule is COc1ccccc1OCC(=O)NCC1CC(=O)N(CCc2ccccc2)C1. The van der Waals surface area contributed by atoms with Gasteiger partial charge in [0.05, 0.1) is 7.11 Å². The van der Waals surface area contributed by atoms with Crippen molar-refractivity contribution in [2.45, 2.75) is 12.8 Å². The van der Waals surface area contributed by atoms with Gasteiger partial charge in [0.25, 0.3) is 5.91 Å². The molecule has 0 aliphatic carbocycles. The molecule has 2 aromatic carbocycles. The molecule has 28 heavy (non-hydrogen) atoms. The molecule has 148 valence electrons. The molecule has 0 aromatic heterocycles. The molecular weight excluding hydrogens is 356 g/mol. The van der Waals surface area contributed by atoms with Gasteiger partial charge in [-0.2, -0.15) is 0 Å². The van der Waals surface area contributed by atoms with E-state index >= 15 is 0 Å². The van der Waals surface area contributed by atoms with Gasteiger partial charge in [0.15, 0.2) is 18.1 Å². The van der Waals surface area contributed by atoms with E-state index in [1.165, 1.54) is 5.56 Å². The molecule has 1 unspecified atom stereocenters. The van der Waals surface area contributed by atoms with Crippen molar-refractivity contribution in [1.82, 2.24) is 10.2 Å². The van der Waals surface area contributed by atoms with Gasteiger partial charge >= 0.3 is 0 Å². The van der Waals surface area contributed by atoms with E-state index in [2.05, 4.69) is 17.4 Å². The molecule has 1 N–H and O–H groups in total. The highest BCUT2D eigenvalue weighted by atomic mass is 16.5. The number of hydrogen-bond donors (Lipinski definition) is 1. The Morgan fingerprint density at radius 2 is 1.82 bits per heavy atom. The summed E-state index contributed by atoms with van der Waals surface area (Å²) >= 11 is 0. The number of amides is 2. The van der Waals surface area contributed by atoms with Gasteiger partial charge in [-0.3, -0.25) is 9.59 Å². The summed E-state index contributed by atoms with van der Waals surface area (Å²) in [6, 6.07) is 17.3. The first-order valence-corrected chi connectivity index (χ1v) is 9.50. The van der Waals surface area contributed by atoms with Crippen LogP contribution >= 0.6 is 0 Å². The van der Waals surface area contributed by atoms with Crippen LogP contribution in [-0.2, 0) is 16.0 Å². The summed E-state index contributed by atoms with van der Waals surface area (Å²) in [5, 5.41) is 2.86. The van der Waals surface area contributed by atoms with E-state index in [-0.39, 0.29) is 24.3 Å². The molecule has 1 saturated heterocycles. The van der Waals surface area contributed by atoms with Crippen molar-refractivity contribution in [2.24, 2.45) is 5.92 Å². The second-order valence-corrected chi connectivity index (χ2v) is 6.89. The Hall–Kier alpha value is -3.02. The van der Waals surface area contributed by atoms with Crippen LogP contribution in [0.2, 0.25) is 0 Å². The largest absolute Gasteiger partial charge is 0.493 e. The van der Waals surface area contributed by atoms with Gasteiger partial charge in [-0.15, -0.1) is 0 Å². The summed E-state index contributed by atoms with van der Waals surface area (Å²) < 4.78 is 10.7. The fourth-order valence-electron chi connectivity index (χ4n) is 3.31. The van der Waals surface area contributed by atoms with Crippen LogP contribution in [0.15, 0.2) is 54.6 Å². The Balaban J connectivity index is 1.38. The fourth-order valence-corrected chi connectivity index (χ4v) is 3.31. The minimum Gasteiger partial charge on any atom is -0.493 e. The molecule has 1 heterocycles. The maximum atomic E-state index is 12.2. The molecule has 1 aliphatic rings. The molecule has 0 bridgehead atoms. The first-order valence-electron chi connectivity index (χ1n) is 9.50. The molecule has 1 aliphatic heterocycles. The van der Waals surface area contributed by atoms with E-state index in [1.807, 2.05) is 35.2 Å². The maximum absolute atomic E-state index is 12.2. The number of hydrogen-bond acceptors (Lipinski definition) is 4. The molecule has 0 saturated carbocycles. The lowest BCUT2D eigenvalue weighted by Crippen LogP contribution is -2.34. The number of para-hydroxylation sites is 2. The highest BCUT2D eigenvalue weighted by Gasteiger charge is 2.29. The lowest BCUT2D eigenvalue weighted by atomic mass is 10.1. The lowest BCUT2D eigenvalue weighted by molar-refractivity contribution is -0.128. The average molecular weight is 382 g/mol. The maximum Gasteiger partial charge on any atom is 0.257 e. The summed E-state index contributed by atoms with van der Waals surface area (Å²) in [5.74, 6) is 1.20. The zero-order valence-electron chi connectivity index (χ0n) is 16.1. The number of benzene rings is 2. The zero-order valence-corrected chi connectivity index (χ0v) is 16.1. The summed E-state index contributed by atoms with van der Waals surface area (Å²) in [6.07, 6.45) is 1.32. The van der Waals surface area contributed by atoms with Crippen LogP contribution < -0.4 is 14.8 Å². The van der Waals surface area contributed by atoms with Crippen LogP contribution in [0.25, 0.3) is 0 Å². The van der Waals surface area contributed by atoms with E-state index in [1.54, 1.807) is 19.2 Å². The number of carbonyl (C=O) groups is 2. The van der Waals surface area contributed by atoms with Gasteiger partial charge < -0.3 is 19.7 Å². The molecule has 2 amide bonds. The minimum absolute atomic E-state index is 0.0846. The van der Waals surface area contributed by atoms with Gasteiger partial charge in [-0.1, -0.05) is 42.5 Å². The topological polar surface area (TPSA) is 67.9 Å². The predicted octanol–water partition coefficient (Wildman–Crippen LogP) is 2.28. The van der Waals surface area contributed by atoms with Crippen LogP contribution in [0.1, 0.15) is 12.0 Å². The van der Waals surface area contributed by atoms with Gasteiger partial charge in [0.1, 0.15) is 0 Å². The normalized spacial score (nSPS) is 16.1.